The van der Waals surface area contributed by atoms with Crippen LogP contribution in [0.15, 0.2) is 50.5 Å². The highest BCUT2D eigenvalue weighted by atomic mass is 19.4. The van der Waals surface area contributed by atoms with Gasteiger partial charge in [0.2, 0.25) is 0 Å². The number of nitrogens with zero attached hydrogens (tertiary/aromatic N) is 1. The highest BCUT2D eigenvalue weighted by Crippen LogP contribution is 2.28. The number of hydrogen-bond donors (Lipinski definition) is 0. The van der Waals surface area contributed by atoms with Crippen molar-refractivity contribution in [3.8, 4) is 0 Å². The van der Waals surface area contributed by atoms with Gasteiger partial charge in [-0.1, -0.05) is 12.1 Å². The van der Waals surface area contributed by atoms with E-state index < -0.39 is 22.9 Å². The molecule has 0 N–H and O–H groups in total. The van der Waals surface area contributed by atoms with E-state index in [1.807, 2.05) is 13.0 Å². The van der Waals surface area contributed by atoms with E-state index in [1.54, 1.807) is 13.0 Å². The Morgan fingerprint density at radius 3 is 2.48 bits per heavy atom. The van der Waals surface area contributed by atoms with Gasteiger partial charge in [0, 0.05) is 23.7 Å². The number of aryl methyl sites for hydroxylation is 2. The van der Waals surface area contributed by atoms with Gasteiger partial charge >= 0.3 is 11.8 Å². The molecular weight excluding hydrogens is 335 g/mol. The maximum absolute atomic E-state index is 12.9. The Morgan fingerprint density at radius 2 is 1.80 bits per heavy atom. The van der Waals surface area contributed by atoms with Gasteiger partial charge in [0.15, 0.2) is 0 Å². The van der Waals surface area contributed by atoms with Crippen molar-refractivity contribution in [1.29, 1.82) is 0 Å². The Balaban J connectivity index is 2.18. The van der Waals surface area contributed by atoms with Gasteiger partial charge in [-0.25, -0.2) is 4.79 Å². The molecule has 0 saturated carbocycles. The van der Waals surface area contributed by atoms with Gasteiger partial charge < -0.3 is 8.98 Å². The molecule has 0 amide bonds. The largest absolute Gasteiger partial charge is 0.422 e. The van der Waals surface area contributed by atoms with Crippen LogP contribution in [0.25, 0.3) is 11.0 Å². The van der Waals surface area contributed by atoms with E-state index in [9.17, 15) is 22.8 Å². The summed E-state index contributed by atoms with van der Waals surface area (Å²) in [6, 6.07) is 6.37. The lowest BCUT2D eigenvalue weighted by Crippen LogP contribution is -2.22. The molecule has 2 aromatic heterocycles. The standard InChI is InChI=1S/C18H14F3NO3/c1-10-3-5-14-12(7-16(24)25-17(14)11(10)2)8-22-9-13(18(19,20)21)4-6-15(22)23/h3-7,9H,8H2,1-2H3. The van der Waals surface area contributed by atoms with Crippen LogP contribution in [0.1, 0.15) is 22.3 Å². The first kappa shape index (κ1) is 17.0. The number of halogens is 3. The fourth-order valence-electron chi connectivity index (χ4n) is 2.66. The van der Waals surface area contributed by atoms with Crippen molar-refractivity contribution in [1.82, 2.24) is 4.57 Å². The van der Waals surface area contributed by atoms with Gasteiger partial charge in [-0.15, -0.1) is 0 Å². The summed E-state index contributed by atoms with van der Waals surface area (Å²) in [6.07, 6.45) is -3.80. The van der Waals surface area contributed by atoms with E-state index in [-0.39, 0.29) is 6.54 Å². The summed E-state index contributed by atoms with van der Waals surface area (Å²) in [4.78, 5) is 23.8. The average Bonchev–Trinajstić information content (AvgIpc) is 2.52. The second-order valence-electron chi connectivity index (χ2n) is 5.86. The van der Waals surface area contributed by atoms with E-state index in [4.69, 9.17) is 4.42 Å². The third-order valence-corrected chi connectivity index (χ3v) is 4.17. The van der Waals surface area contributed by atoms with Gasteiger partial charge in [0.25, 0.3) is 5.56 Å². The zero-order chi connectivity index (χ0) is 18.4. The van der Waals surface area contributed by atoms with E-state index >= 15 is 0 Å². The molecule has 1 aromatic carbocycles. The third-order valence-electron chi connectivity index (χ3n) is 4.17. The topological polar surface area (TPSA) is 52.2 Å². The minimum Gasteiger partial charge on any atom is -0.422 e. The lowest BCUT2D eigenvalue weighted by Gasteiger charge is -2.12. The SMILES string of the molecule is Cc1ccc2c(Cn3cc(C(F)(F)F)ccc3=O)cc(=O)oc2c1C. The fourth-order valence-corrected chi connectivity index (χ4v) is 2.66. The molecule has 0 radical (unpaired) electrons. The maximum atomic E-state index is 12.9. The van der Waals surface area contributed by atoms with Crippen LogP contribution in [0.3, 0.4) is 0 Å². The van der Waals surface area contributed by atoms with E-state index in [2.05, 4.69) is 0 Å². The molecular formula is C18H14F3NO3. The van der Waals surface area contributed by atoms with E-state index in [1.165, 1.54) is 6.07 Å². The second kappa shape index (κ2) is 5.91. The molecule has 0 fully saturated rings. The Morgan fingerprint density at radius 1 is 1.08 bits per heavy atom. The molecule has 0 bridgehead atoms. The molecule has 7 heteroatoms. The molecule has 0 aliphatic rings. The van der Waals surface area contributed by atoms with Crippen LogP contribution >= 0.6 is 0 Å². The first-order valence-electron chi connectivity index (χ1n) is 7.47. The van der Waals surface area contributed by atoms with E-state index in [0.29, 0.717) is 16.5 Å². The molecule has 3 rings (SSSR count). The van der Waals surface area contributed by atoms with E-state index in [0.717, 1.165) is 34.0 Å². The number of fused-ring (bicyclic) bond motifs is 1. The minimum absolute atomic E-state index is 0.159. The molecule has 3 aromatic rings. The lowest BCUT2D eigenvalue weighted by atomic mass is 10.0. The quantitative estimate of drug-likeness (QED) is 0.664. The van der Waals surface area contributed by atoms with Gasteiger partial charge in [-0.3, -0.25) is 4.79 Å². The summed E-state index contributed by atoms with van der Waals surface area (Å²) >= 11 is 0. The van der Waals surface area contributed by atoms with Crippen LogP contribution in [0.2, 0.25) is 0 Å². The molecule has 0 unspecified atom stereocenters. The number of alkyl halides is 3. The molecule has 0 aliphatic carbocycles. The van der Waals surface area contributed by atoms with Crippen molar-refractivity contribution < 1.29 is 17.6 Å². The molecule has 130 valence electrons. The van der Waals surface area contributed by atoms with Crippen LogP contribution in [-0.4, -0.2) is 4.57 Å². The zero-order valence-corrected chi connectivity index (χ0v) is 13.5. The summed E-state index contributed by atoms with van der Waals surface area (Å²) in [6.45, 7) is 3.49. The van der Waals surface area contributed by atoms with Crippen molar-refractivity contribution in [3.63, 3.8) is 0 Å². The van der Waals surface area contributed by atoms with Crippen LogP contribution < -0.4 is 11.2 Å². The number of hydrogen-bond acceptors (Lipinski definition) is 3. The zero-order valence-electron chi connectivity index (χ0n) is 13.5. The molecule has 25 heavy (non-hydrogen) atoms. The summed E-state index contributed by atoms with van der Waals surface area (Å²) in [5.41, 5.74) is 0.371. The number of rotatable bonds is 2. The predicted octanol–water partition coefficient (Wildman–Crippen LogP) is 3.64. The monoisotopic (exact) mass is 349 g/mol. The summed E-state index contributed by atoms with van der Waals surface area (Å²) in [7, 11) is 0. The third kappa shape index (κ3) is 3.22. The summed E-state index contributed by atoms with van der Waals surface area (Å²) < 4.78 is 44.8. The molecule has 0 aliphatic heterocycles. The van der Waals surface area contributed by atoms with Crippen molar-refractivity contribution in [3.05, 3.63) is 79.6 Å². The van der Waals surface area contributed by atoms with Crippen LogP contribution in [0.5, 0.6) is 0 Å². The molecule has 2 heterocycles. The molecule has 0 spiro atoms. The molecule has 0 saturated heterocycles. The molecule has 4 nitrogen and oxygen atoms in total. The normalized spacial score (nSPS) is 11.9. The highest BCUT2D eigenvalue weighted by Gasteiger charge is 2.31. The molecule has 0 atom stereocenters. The summed E-state index contributed by atoms with van der Waals surface area (Å²) in [5, 5.41) is 0.590. The van der Waals surface area contributed by atoms with Gasteiger partial charge in [0.05, 0.1) is 12.1 Å². The average molecular weight is 349 g/mol. The van der Waals surface area contributed by atoms with Crippen molar-refractivity contribution >= 4 is 11.0 Å². The Bertz CT molecular complexity index is 1080. The Labute approximate surface area is 140 Å². The number of benzene rings is 1. The van der Waals surface area contributed by atoms with Crippen LogP contribution in [0, 0.1) is 13.8 Å². The number of aromatic nitrogens is 1. The lowest BCUT2D eigenvalue weighted by molar-refractivity contribution is -0.138. The minimum atomic E-state index is -4.55. The van der Waals surface area contributed by atoms with Gasteiger partial charge in [0.1, 0.15) is 5.58 Å². The summed E-state index contributed by atoms with van der Waals surface area (Å²) in [5.74, 6) is 0. The maximum Gasteiger partial charge on any atom is 0.417 e. The van der Waals surface area contributed by atoms with Gasteiger partial charge in [-0.2, -0.15) is 13.2 Å². The van der Waals surface area contributed by atoms with Crippen molar-refractivity contribution in [2.45, 2.75) is 26.6 Å². The Hall–Kier alpha value is -2.83. The Kier molecular flexibility index (Phi) is 4.02. The van der Waals surface area contributed by atoms with Crippen LogP contribution in [0.4, 0.5) is 13.2 Å². The predicted molar refractivity (Wildman–Crippen MR) is 86.8 cm³/mol. The van der Waals surface area contributed by atoms with Crippen LogP contribution in [-0.2, 0) is 12.7 Å². The fraction of sp³-hybridized carbons (Fsp3) is 0.222. The van der Waals surface area contributed by atoms with Gasteiger partial charge in [-0.05, 0) is 36.6 Å². The number of pyridine rings is 1. The first-order valence-corrected chi connectivity index (χ1v) is 7.47. The first-order chi connectivity index (χ1) is 11.7. The highest BCUT2D eigenvalue weighted by molar-refractivity contribution is 5.83. The second-order valence-corrected chi connectivity index (χ2v) is 5.86. The van der Waals surface area contributed by atoms with Crippen molar-refractivity contribution in [2.24, 2.45) is 0 Å². The van der Waals surface area contributed by atoms with Crippen molar-refractivity contribution in [2.75, 3.05) is 0 Å². The smallest absolute Gasteiger partial charge is 0.417 e.